The van der Waals surface area contributed by atoms with E-state index in [0.29, 0.717) is 0 Å². The number of rotatable bonds is 53. The Kier molecular flexibility index (Phi) is 53.9. The van der Waals surface area contributed by atoms with Crippen molar-refractivity contribution in [2.75, 3.05) is 19.6 Å². The molecule has 0 saturated heterocycles. The van der Waals surface area contributed by atoms with Crippen molar-refractivity contribution in [2.45, 2.75) is 342 Å². The summed E-state index contributed by atoms with van der Waals surface area (Å²) in [4.78, 5) is 2.89. The highest BCUT2D eigenvalue weighted by Crippen LogP contribution is 2.18. The fourth-order valence-corrected chi connectivity index (χ4v) is 9.34. The molecule has 0 aliphatic heterocycles. The monoisotopic (exact) mass is 802 g/mol. The Balaban J connectivity index is 3.93. The molecule has 0 spiro atoms. The Morgan fingerprint density at radius 2 is 0.246 bits per heavy atom. The smallest absolute Gasteiger partial charge is 0.00187 e. The lowest BCUT2D eigenvalue weighted by Gasteiger charge is -2.22. The van der Waals surface area contributed by atoms with Crippen LogP contribution in [0, 0.1) is 0 Å². The Morgan fingerprint density at radius 1 is 0.140 bits per heavy atom. The van der Waals surface area contributed by atoms with Gasteiger partial charge in [0.1, 0.15) is 0 Å². The van der Waals surface area contributed by atoms with Crippen LogP contribution in [0.3, 0.4) is 0 Å². The fraction of sp³-hybridized carbons (Fsp3) is 1.00. The first-order valence-electron chi connectivity index (χ1n) is 28.1. The fourth-order valence-electron chi connectivity index (χ4n) is 9.34. The first kappa shape index (κ1) is 57.0. The van der Waals surface area contributed by atoms with Gasteiger partial charge in [-0.15, -0.1) is 0 Å². The summed E-state index contributed by atoms with van der Waals surface area (Å²) in [6.45, 7) is 11.1. The summed E-state index contributed by atoms with van der Waals surface area (Å²) in [5.74, 6) is 0. The zero-order valence-corrected chi connectivity index (χ0v) is 40.9. The van der Waals surface area contributed by atoms with E-state index in [2.05, 4.69) is 25.7 Å². The van der Waals surface area contributed by atoms with Gasteiger partial charge in [-0.05, 0) is 38.9 Å². The number of nitrogens with zero attached hydrogens (tertiary/aromatic N) is 1. The lowest BCUT2D eigenvalue weighted by Crippen LogP contribution is -2.27. The van der Waals surface area contributed by atoms with Crippen LogP contribution in [0.25, 0.3) is 0 Å². The molecule has 0 heterocycles. The highest BCUT2D eigenvalue weighted by molar-refractivity contribution is 4.61. The summed E-state index contributed by atoms with van der Waals surface area (Å²) in [7, 11) is 0. The molecule has 0 atom stereocenters. The van der Waals surface area contributed by atoms with Crippen LogP contribution in [-0.4, -0.2) is 24.5 Å². The molecular weight excluding hydrogens is 687 g/mol. The van der Waals surface area contributed by atoms with Crippen molar-refractivity contribution in [1.82, 2.24) is 4.90 Å². The highest BCUT2D eigenvalue weighted by atomic mass is 15.1. The summed E-state index contributed by atoms with van der Waals surface area (Å²) in [5.41, 5.74) is 0. The second-order valence-electron chi connectivity index (χ2n) is 19.5. The van der Waals surface area contributed by atoms with Gasteiger partial charge < -0.3 is 4.90 Å². The average Bonchev–Trinajstić information content (AvgIpc) is 3.22. The second-order valence-corrected chi connectivity index (χ2v) is 19.5. The maximum Gasteiger partial charge on any atom is -0.00187 e. The molecule has 0 aliphatic carbocycles. The molecule has 0 aliphatic rings. The maximum atomic E-state index is 2.89. The van der Waals surface area contributed by atoms with E-state index in [1.165, 1.54) is 341 Å². The van der Waals surface area contributed by atoms with Crippen LogP contribution in [0.2, 0.25) is 0 Å². The molecule has 0 fully saturated rings. The molecule has 1 nitrogen and oxygen atoms in total. The summed E-state index contributed by atoms with van der Waals surface area (Å²) in [6, 6.07) is 0. The van der Waals surface area contributed by atoms with Gasteiger partial charge in [-0.2, -0.15) is 0 Å². The summed E-state index contributed by atoms with van der Waals surface area (Å²) >= 11 is 0. The molecule has 0 aromatic rings. The van der Waals surface area contributed by atoms with Crippen LogP contribution < -0.4 is 0 Å². The van der Waals surface area contributed by atoms with Crippen molar-refractivity contribution in [2.24, 2.45) is 0 Å². The molecule has 0 radical (unpaired) electrons. The standard InChI is InChI=1S/C56H115N/c1-4-7-10-13-16-19-22-25-28-30-32-34-37-40-43-46-49-52-55-57(54-51-48-45-42-39-36-27-24-21-18-15-12-9-6-3)56-53-50-47-44-41-38-35-33-31-29-26-23-20-17-14-11-8-5-2/h4-56H2,1-3H3. The van der Waals surface area contributed by atoms with Crippen molar-refractivity contribution >= 4 is 0 Å². The van der Waals surface area contributed by atoms with E-state index in [9.17, 15) is 0 Å². The average molecular weight is 803 g/mol. The van der Waals surface area contributed by atoms with Gasteiger partial charge >= 0.3 is 0 Å². The number of hydrogen-bond acceptors (Lipinski definition) is 1. The van der Waals surface area contributed by atoms with E-state index < -0.39 is 0 Å². The van der Waals surface area contributed by atoms with Crippen molar-refractivity contribution in [3.8, 4) is 0 Å². The summed E-state index contributed by atoms with van der Waals surface area (Å²) in [6.07, 6.45) is 73.5. The third-order valence-electron chi connectivity index (χ3n) is 13.5. The molecule has 0 aromatic carbocycles. The van der Waals surface area contributed by atoms with Gasteiger partial charge in [-0.3, -0.25) is 0 Å². The van der Waals surface area contributed by atoms with Crippen LogP contribution >= 0.6 is 0 Å². The predicted molar refractivity (Wildman–Crippen MR) is 264 cm³/mol. The zero-order valence-electron chi connectivity index (χ0n) is 40.9. The highest BCUT2D eigenvalue weighted by Gasteiger charge is 2.06. The molecule has 344 valence electrons. The van der Waals surface area contributed by atoms with Gasteiger partial charge in [-0.25, -0.2) is 0 Å². The molecule has 0 aromatic heterocycles. The van der Waals surface area contributed by atoms with Crippen LogP contribution in [0.15, 0.2) is 0 Å². The molecule has 0 saturated carbocycles. The van der Waals surface area contributed by atoms with E-state index in [0.717, 1.165) is 0 Å². The summed E-state index contributed by atoms with van der Waals surface area (Å²) < 4.78 is 0. The third kappa shape index (κ3) is 52.0. The molecular formula is C56H115N. The molecule has 0 rings (SSSR count). The summed E-state index contributed by atoms with van der Waals surface area (Å²) in [5, 5.41) is 0. The van der Waals surface area contributed by atoms with Crippen molar-refractivity contribution in [3.05, 3.63) is 0 Å². The van der Waals surface area contributed by atoms with Gasteiger partial charge in [0.15, 0.2) is 0 Å². The first-order chi connectivity index (χ1) is 28.3. The van der Waals surface area contributed by atoms with Crippen LogP contribution in [0.1, 0.15) is 342 Å². The van der Waals surface area contributed by atoms with Crippen LogP contribution in [0.5, 0.6) is 0 Å². The van der Waals surface area contributed by atoms with Gasteiger partial charge in [0.25, 0.3) is 0 Å². The van der Waals surface area contributed by atoms with E-state index in [1.54, 1.807) is 0 Å². The largest absolute Gasteiger partial charge is 0.303 e. The first-order valence-corrected chi connectivity index (χ1v) is 28.1. The Morgan fingerprint density at radius 3 is 0.368 bits per heavy atom. The minimum atomic E-state index is 1.37. The third-order valence-corrected chi connectivity index (χ3v) is 13.5. The quantitative estimate of drug-likeness (QED) is 0.0554. The lowest BCUT2D eigenvalue weighted by atomic mass is 10.0. The van der Waals surface area contributed by atoms with E-state index in [-0.39, 0.29) is 0 Å². The number of hydrogen-bond donors (Lipinski definition) is 0. The van der Waals surface area contributed by atoms with Crippen molar-refractivity contribution in [1.29, 1.82) is 0 Å². The van der Waals surface area contributed by atoms with Crippen molar-refractivity contribution in [3.63, 3.8) is 0 Å². The molecule has 1 heteroatoms. The van der Waals surface area contributed by atoms with Gasteiger partial charge in [0.2, 0.25) is 0 Å². The molecule has 0 bridgehead atoms. The Bertz CT molecular complexity index is 618. The van der Waals surface area contributed by atoms with Gasteiger partial charge in [0.05, 0.1) is 0 Å². The molecule has 57 heavy (non-hydrogen) atoms. The number of unbranched alkanes of at least 4 members (excludes halogenated alkanes) is 47. The van der Waals surface area contributed by atoms with Crippen molar-refractivity contribution < 1.29 is 0 Å². The zero-order chi connectivity index (χ0) is 41.1. The molecule has 0 unspecified atom stereocenters. The minimum absolute atomic E-state index is 1.37. The van der Waals surface area contributed by atoms with Gasteiger partial charge in [0, 0.05) is 0 Å². The minimum Gasteiger partial charge on any atom is -0.303 e. The normalized spacial score (nSPS) is 11.8. The Labute approximate surface area is 365 Å². The SMILES string of the molecule is CCCCCCCCCCCCCCCCCCCCN(CCCCCCCCCCCCCCCC)CCCCCCCCCCCCCCCCCCCC. The van der Waals surface area contributed by atoms with Gasteiger partial charge in [-0.1, -0.05) is 323 Å². The molecule has 0 N–H and O–H groups in total. The second kappa shape index (κ2) is 54.0. The van der Waals surface area contributed by atoms with Crippen LogP contribution in [-0.2, 0) is 0 Å². The van der Waals surface area contributed by atoms with E-state index in [1.807, 2.05) is 0 Å². The van der Waals surface area contributed by atoms with E-state index in [4.69, 9.17) is 0 Å². The maximum absolute atomic E-state index is 2.89. The van der Waals surface area contributed by atoms with E-state index >= 15 is 0 Å². The Hall–Kier alpha value is -0.0400. The predicted octanol–water partition coefficient (Wildman–Crippen LogP) is 20.9. The lowest BCUT2D eigenvalue weighted by molar-refractivity contribution is 0.254. The topological polar surface area (TPSA) is 3.24 Å². The molecule has 0 amide bonds. The van der Waals surface area contributed by atoms with Crippen LogP contribution in [0.4, 0.5) is 0 Å².